The van der Waals surface area contributed by atoms with Crippen LogP contribution in [0.2, 0.25) is 0 Å². The summed E-state index contributed by atoms with van der Waals surface area (Å²) in [6.45, 7) is 3.01. The maximum Gasteiger partial charge on any atom is 0.419 e. The predicted molar refractivity (Wildman–Crippen MR) is 65.3 cm³/mol. The first-order chi connectivity index (χ1) is 7.77. The number of benzene rings is 1. The van der Waals surface area contributed by atoms with E-state index in [-0.39, 0.29) is 27.3 Å². The fraction of sp³-hybridized carbons (Fsp3) is 0.364. The molecule has 0 bridgehead atoms. The predicted octanol–water partition coefficient (Wildman–Crippen LogP) is 3.91. The second kappa shape index (κ2) is 5.24. The Hall–Kier alpha value is -0.790. The van der Waals surface area contributed by atoms with Crippen LogP contribution in [0.5, 0.6) is 5.75 Å². The number of carbonyl (C=O) groups is 1. The van der Waals surface area contributed by atoms with Gasteiger partial charge in [-0.25, -0.2) is 0 Å². The van der Waals surface area contributed by atoms with Gasteiger partial charge in [0.15, 0.2) is 5.78 Å². The Kier molecular flexibility index (Phi) is 4.40. The zero-order valence-electron chi connectivity index (χ0n) is 9.19. The number of alkyl halides is 3. The molecule has 0 saturated heterocycles. The molecule has 0 aliphatic rings. The zero-order chi connectivity index (χ0) is 13.2. The van der Waals surface area contributed by atoms with Crippen molar-refractivity contribution in [2.75, 3.05) is 6.61 Å². The molecule has 0 saturated carbocycles. The quantitative estimate of drug-likeness (QED) is 0.605. The molecule has 0 aliphatic heterocycles. The normalized spacial score (nSPS) is 11.4. The standard InChI is InChI=1S/C11H10F3IO2/c1-3-17-10-4-7(6(2)16)9(15)5-8(10)11(12,13)14/h4-5H,3H2,1-2H3. The van der Waals surface area contributed by atoms with Crippen molar-refractivity contribution >= 4 is 28.4 Å². The summed E-state index contributed by atoms with van der Waals surface area (Å²) in [6.07, 6.45) is -4.49. The molecule has 0 atom stereocenters. The van der Waals surface area contributed by atoms with Gasteiger partial charge in [-0.3, -0.25) is 4.79 Å². The minimum absolute atomic E-state index is 0.112. The molecule has 94 valence electrons. The Morgan fingerprint density at radius 1 is 1.41 bits per heavy atom. The van der Waals surface area contributed by atoms with Crippen LogP contribution >= 0.6 is 22.6 Å². The van der Waals surface area contributed by atoms with Gasteiger partial charge in [-0.2, -0.15) is 13.2 Å². The maximum atomic E-state index is 12.7. The van der Waals surface area contributed by atoms with E-state index in [2.05, 4.69) is 0 Å². The van der Waals surface area contributed by atoms with E-state index in [0.717, 1.165) is 12.1 Å². The Bertz CT molecular complexity index is 441. The number of hydrogen-bond acceptors (Lipinski definition) is 2. The lowest BCUT2D eigenvalue weighted by Gasteiger charge is -2.15. The molecule has 0 radical (unpaired) electrons. The summed E-state index contributed by atoms with van der Waals surface area (Å²) in [4.78, 5) is 11.2. The second-order valence-electron chi connectivity index (χ2n) is 3.32. The van der Waals surface area contributed by atoms with Gasteiger partial charge in [-0.1, -0.05) is 0 Å². The van der Waals surface area contributed by atoms with E-state index in [4.69, 9.17) is 4.74 Å². The molecule has 1 aromatic rings. The summed E-state index contributed by atoms with van der Waals surface area (Å²) in [5, 5.41) is 0. The Morgan fingerprint density at radius 2 is 2.00 bits per heavy atom. The summed E-state index contributed by atoms with van der Waals surface area (Å²) in [6, 6.07) is 2.08. The van der Waals surface area contributed by atoms with Gasteiger partial charge in [-0.05, 0) is 48.6 Å². The molecule has 2 nitrogen and oxygen atoms in total. The summed E-state index contributed by atoms with van der Waals surface area (Å²) in [5.41, 5.74) is -0.615. The first-order valence-corrected chi connectivity index (χ1v) is 5.89. The summed E-state index contributed by atoms with van der Waals surface area (Å²) < 4.78 is 43.4. The van der Waals surface area contributed by atoms with E-state index in [1.807, 2.05) is 0 Å². The zero-order valence-corrected chi connectivity index (χ0v) is 11.3. The van der Waals surface area contributed by atoms with Crippen molar-refractivity contribution in [3.05, 3.63) is 26.8 Å². The van der Waals surface area contributed by atoms with Crippen molar-refractivity contribution in [2.24, 2.45) is 0 Å². The summed E-state index contributed by atoms with van der Waals surface area (Å²) in [7, 11) is 0. The van der Waals surface area contributed by atoms with Crippen molar-refractivity contribution in [1.29, 1.82) is 0 Å². The first kappa shape index (κ1) is 14.3. The fourth-order valence-electron chi connectivity index (χ4n) is 1.32. The van der Waals surface area contributed by atoms with Crippen LogP contribution in [0.3, 0.4) is 0 Å². The molecule has 0 heterocycles. The first-order valence-electron chi connectivity index (χ1n) is 4.81. The van der Waals surface area contributed by atoms with Crippen LogP contribution in [0.25, 0.3) is 0 Å². The molecule has 0 amide bonds. The fourth-order valence-corrected chi connectivity index (χ4v) is 2.17. The van der Waals surface area contributed by atoms with Gasteiger partial charge in [0.25, 0.3) is 0 Å². The molecular weight excluding hydrogens is 348 g/mol. The molecule has 0 unspecified atom stereocenters. The van der Waals surface area contributed by atoms with Crippen molar-refractivity contribution < 1.29 is 22.7 Å². The highest BCUT2D eigenvalue weighted by Crippen LogP contribution is 2.38. The number of rotatable bonds is 3. The molecule has 0 N–H and O–H groups in total. The number of Topliss-reactive ketones (excluding diaryl/α,β-unsaturated/α-hetero) is 1. The van der Waals surface area contributed by atoms with Crippen LogP contribution in [-0.2, 0) is 6.18 Å². The number of carbonyl (C=O) groups excluding carboxylic acids is 1. The van der Waals surface area contributed by atoms with Crippen LogP contribution in [0.15, 0.2) is 12.1 Å². The van der Waals surface area contributed by atoms with Gasteiger partial charge in [0.2, 0.25) is 0 Å². The molecular formula is C11H10F3IO2. The lowest BCUT2D eigenvalue weighted by Crippen LogP contribution is -2.11. The lowest BCUT2D eigenvalue weighted by molar-refractivity contribution is -0.139. The van der Waals surface area contributed by atoms with Gasteiger partial charge in [-0.15, -0.1) is 0 Å². The minimum atomic E-state index is -4.49. The number of ether oxygens (including phenoxy) is 1. The van der Waals surface area contributed by atoms with E-state index in [1.165, 1.54) is 6.92 Å². The summed E-state index contributed by atoms with van der Waals surface area (Å²) in [5.74, 6) is -0.588. The molecule has 17 heavy (non-hydrogen) atoms. The third-order valence-corrected chi connectivity index (χ3v) is 2.95. The monoisotopic (exact) mass is 358 g/mol. The maximum absolute atomic E-state index is 12.7. The Morgan fingerprint density at radius 3 is 2.41 bits per heavy atom. The third kappa shape index (κ3) is 3.34. The van der Waals surface area contributed by atoms with Gasteiger partial charge in [0.05, 0.1) is 12.2 Å². The molecule has 6 heteroatoms. The van der Waals surface area contributed by atoms with Gasteiger partial charge in [0.1, 0.15) is 5.75 Å². The van der Waals surface area contributed by atoms with Gasteiger partial charge < -0.3 is 4.74 Å². The molecule has 0 aliphatic carbocycles. The average molecular weight is 358 g/mol. The van der Waals surface area contributed by atoms with E-state index in [9.17, 15) is 18.0 Å². The van der Waals surface area contributed by atoms with Crippen molar-refractivity contribution in [2.45, 2.75) is 20.0 Å². The van der Waals surface area contributed by atoms with Gasteiger partial charge in [0, 0.05) is 9.13 Å². The molecule has 1 rings (SSSR count). The van der Waals surface area contributed by atoms with E-state index in [1.54, 1.807) is 29.5 Å². The van der Waals surface area contributed by atoms with Crippen LogP contribution in [-0.4, -0.2) is 12.4 Å². The SMILES string of the molecule is CCOc1cc(C(C)=O)c(I)cc1C(F)(F)F. The van der Waals surface area contributed by atoms with Crippen LogP contribution < -0.4 is 4.74 Å². The van der Waals surface area contributed by atoms with Crippen LogP contribution in [0.1, 0.15) is 29.8 Å². The second-order valence-corrected chi connectivity index (χ2v) is 4.48. The van der Waals surface area contributed by atoms with Crippen LogP contribution in [0, 0.1) is 3.57 Å². The van der Waals surface area contributed by atoms with Crippen LogP contribution in [0.4, 0.5) is 13.2 Å². The minimum Gasteiger partial charge on any atom is -0.493 e. The molecule has 0 fully saturated rings. The molecule has 1 aromatic carbocycles. The summed E-state index contributed by atoms with van der Waals surface area (Å²) >= 11 is 1.71. The van der Waals surface area contributed by atoms with E-state index >= 15 is 0 Å². The number of hydrogen-bond donors (Lipinski definition) is 0. The number of halogens is 4. The topological polar surface area (TPSA) is 26.3 Å². The van der Waals surface area contributed by atoms with E-state index < -0.39 is 11.7 Å². The molecule has 0 spiro atoms. The Labute approximate surface area is 110 Å². The average Bonchev–Trinajstić information content (AvgIpc) is 2.18. The highest BCUT2D eigenvalue weighted by molar-refractivity contribution is 14.1. The smallest absolute Gasteiger partial charge is 0.419 e. The number of ketones is 1. The van der Waals surface area contributed by atoms with Crippen molar-refractivity contribution in [1.82, 2.24) is 0 Å². The van der Waals surface area contributed by atoms with E-state index in [0.29, 0.717) is 0 Å². The van der Waals surface area contributed by atoms with Crippen molar-refractivity contribution in [3.63, 3.8) is 0 Å². The molecule has 0 aromatic heterocycles. The Balaban J connectivity index is 3.41. The lowest BCUT2D eigenvalue weighted by atomic mass is 10.1. The highest BCUT2D eigenvalue weighted by Gasteiger charge is 2.35. The van der Waals surface area contributed by atoms with Crippen molar-refractivity contribution in [3.8, 4) is 5.75 Å². The van der Waals surface area contributed by atoms with Gasteiger partial charge >= 0.3 is 6.18 Å². The third-order valence-electron chi connectivity index (χ3n) is 2.05. The highest BCUT2D eigenvalue weighted by atomic mass is 127. The largest absolute Gasteiger partial charge is 0.493 e.